The molecule has 0 saturated heterocycles. The third-order valence-corrected chi connectivity index (χ3v) is 6.57. The summed E-state index contributed by atoms with van der Waals surface area (Å²) < 4.78 is 47.2. The molecule has 0 spiro atoms. The van der Waals surface area contributed by atoms with Crippen LogP contribution >= 0.6 is 0 Å². The number of carbonyl (C=O) groups excluding carboxylic acids is 1. The molecule has 2 aromatic carbocycles. The molecule has 0 radical (unpaired) electrons. The summed E-state index contributed by atoms with van der Waals surface area (Å²) >= 11 is 0. The Morgan fingerprint density at radius 3 is 2.38 bits per heavy atom. The molecule has 1 aliphatic rings. The van der Waals surface area contributed by atoms with E-state index in [0.29, 0.717) is 5.76 Å². The van der Waals surface area contributed by atoms with Gasteiger partial charge in [0.05, 0.1) is 31.9 Å². The van der Waals surface area contributed by atoms with Gasteiger partial charge in [-0.25, -0.2) is 12.8 Å². The number of nitrogens with zero attached hydrogens (tertiary/aromatic N) is 2. The predicted octanol–water partition coefficient (Wildman–Crippen LogP) is 3.37. The van der Waals surface area contributed by atoms with Crippen molar-refractivity contribution < 1.29 is 26.9 Å². The van der Waals surface area contributed by atoms with Gasteiger partial charge >= 0.3 is 0 Å². The number of sulfone groups is 1. The second kappa shape index (κ2) is 8.96. The van der Waals surface area contributed by atoms with Crippen LogP contribution in [-0.2, 0) is 27.6 Å². The maximum atomic E-state index is 13.1. The number of halogens is 1. The fourth-order valence-corrected chi connectivity index (χ4v) is 4.81. The molecule has 1 aliphatic heterocycles. The Morgan fingerprint density at radius 2 is 1.81 bits per heavy atom. The number of hydrogen-bond acceptors (Lipinski definition) is 6. The number of amides is 1. The SMILES string of the molecule is COc1cc(CN(C(=O)Cc2ccc(-c3ccc(F)cc3)cc2)C2C=CS(=O)(=O)C2)on1. The van der Waals surface area contributed by atoms with Crippen molar-refractivity contribution >= 4 is 15.7 Å². The fourth-order valence-electron chi connectivity index (χ4n) is 3.51. The molecule has 1 atom stereocenters. The molecule has 1 unspecified atom stereocenters. The molecule has 0 N–H and O–H groups in total. The van der Waals surface area contributed by atoms with E-state index in [-0.39, 0.29) is 36.3 Å². The molecule has 4 rings (SSSR count). The van der Waals surface area contributed by atoms with Crippen molar-refractivity contribution in [3.8, 4) is 17.0 Å². The summed E-state index contributed by atoms with van der Waals surface area (Å²) in [7, 11) is -1.90. The zero-order valence-corrected chi connectivity index (χ0v) is 18.1. The number of methoxy groups -OCH3 is 1. The van der Waals surface area contributed by atoms with E-state index in [1.807, 2.05) is 24.3 Å². The quantitative estimate of drug-likeness (QED) is 0.542. The van der Waals surface area contributed by atoms with Gasteiger partial charge in [-0.1, -0.05) is 36.4 Å². The van der Waals surface area contributed by atoms with Crippen molar-refractivity contribution in [2.75, 3.05) is 12.9 Å². The highest BCUT2D eigenvalue weighted by Gasteiger charge is 2.31. The molecular weight excluding hydrogens is 435 g/mol. The smallest absolute Gasteiger partial charge is 0.254 e. The van der Waals surface area contributed by atoms with E-state index in [9.17, 15) is 17.6 Å². The van der Waals surface area contributed by atoms with Crippen LogP contribution < -0.4 is 4.74 Å². The van der Waals surface area contributed by atoms with Gasteiger partial charge in [-0.15, -0.1) is 0 Å². The number of rotatable bonds is 7. The Kier molecular flexibility index (Phi) is 6.09. The van der Waals surface area contributed by atoms with Crippen LogP contribution in [0, 0.1) is 5.82 Å². The van der Waals surface area contributed by atoms with Gasteiger partial charge in [-0.05, 0) is 40.1 Å². The lowest BCUT2D eigenvalue weighted by Crippen LogP contribution is -2.41. The fraction of sp³-hybridized carbons (Fsp3) is 0.217. The third-order valence-electron chi connectivity index (χ3n) is 5.19. The van der Waals surface area contributed by atoms with Gasteiger partial charge in [0.15, 0.2) is 15.6 Å². The lowest BCUT2D eigenvalue weighted by molar-refractivity contribution is -0.132. The molecule has 0 bridgehead atoms. The first kappa shape index (κ1) is 21.8. The average molecular weight is 456 g/mol. The van der Waals surface area contributed by atoms with Crippen LogP contribution in [0.15, 0.2) is 70.6 Å². The molecule has 0 fully saturated rings. The molecule has 32 heavy (non-hydrogen) atoms. The van der Waals surface area contributed by atoms with Crippen molar-refractivity contribution in [1.29, 1.82) is 0 Å². The minimum atomic E-state index is -3.35. The molecule has 3 aromatic rings. The number of ether oxygens (including phenoxy) is 1. The second-order valence-corrected chi connectivity index (χ2v) is 9.39. The van der Waals surface area contributed by atoms with Crippen molar-refractivity contribution in [2.45, 2.75) is 19.0 Å². The normalized spacial score (nSPS) is 16.8. The van der Waals surface area contributed by atoms with Gasteiger partial charge in [-0.3, -0.25) is 4.79 Å². The Balaban J connectivity index is 1.51. The number of aromatic nitrogens is 1. The lowest BCUT2D eigenvalue weighted by Gasteiger charge is -2.26. The summed E-state index contributed by atoms with van der Waals surface area (Å²) in [6.45, 7) is 0.0629. The summed E-state index contributed by atoms with van der Waals surface area (Å²) in [5.74, 6) is -0.0592. The van der Waals surface area contributed by atoms with E-state index in [2.05, 4.69) is 5.16 Å². The van der Waals surface area contributed by atoms with Gasteiger partial charge in [0.2, 0.25) is 5.91 Å². The summed E-state index contributed by atoms with van der Waals surface area (Å²) in [4.78, 5) is 14.6. The highest BCUT2D eigenvalue weighted by atomic mass is 32.2. The van der Waals surface area contributed by atoms with Crippen molar-refractivity contribution in [2.24, 2.45) is 0 Å². The zero-order chi connectivity index (χ0) is 22.7. The molecule has 0 aliphatic carbocycles. The van der Waals surface area contributed by atoms with E-state index in [1.165, 1.54) is 30.2 Å². The number of benzene rings is 2. The minimum Gasteiger partial charge on any atom is -0.479 e. The molecule has 7 nitrogen and oxygen atoms in total. The van der Waals surface area contributed by atoms with Gasteiger partial charge in [0.25, 0.3) is 5.88 Å². The maximum Gasteiger partial charge on any atom is 0.254 e. The van der Waals surface area contributed by atoms with Crippen LogP contribution in [0.2, 0.25) is 0 Å². The highest BCUT2D eigenvalue weighted by molar-refractivity contribution is 7.94. The van der Waals surface area contributed by atoms with E-state index < -0.39 is 15.9 Å². The molecule has 0 saturated carbocycles. The van der Waals surface area contributed by atoms with Crippen molar-refractivity contribution in [3.05, 3.63) is 83.2 Å². The van der Waals surface area contributed by atoms with Crippen LogP contribution in [-0.4, -0.2) is 43.3 Å². The zero-order valence-electron chi connectivity index (χ0n) is 17.3. The van der Waals surface area contributed by atoms with E-state index >= 15 is 0 Å². The summed E-state index contributed by atoms with van der Waals surface area (Å²) in [6.07, 6.45) is 1.60. The first-order valence-electron chi connectivity index (χ1n) is 9.88. The standard InChI is InChI=1S/C23H21FN2O5S/c1-30-22-13-21(31-25-22)14-26(20-10-11-32(28,29)15-20)23(27)12-16-2-4-17(5-3-16)18-6-8-19(24)9-7-18/h2-11,13,20H,12,14-15H2,1H3. The van der Waals surface area contributed by atoms with Gasteiger partial charge in [0.1, 0.15) is 5.82 Å². The van der Waals surface area contributed by atoms with Gasteiger partial charge in [-0.2, -0.15) is 0 Å². The average Bonchev–Trinajstić information content (AvgIpc) is 3.38. The predicted molar refractivity (Wildman–Crippen MR) is 116 cm³/mol. The van der Waals surface area contributed by atoms with Crippen LogP contribution in [0.3, 0.4) is 0 Å². The Bertz CT molecular complexity index is 1230. The summed E-state index contributed by atoms with van der Waals surface area (Å²) in [5.41, 5.74) is 2.54. The first-order valence-corrected chi connectivity index (χ1v) is 11.6. The van der Waals surface area contributed by atoms with E-state index in [0.717, 1.165) is 22.1 Å². The second-order valence-electron chi connectivity index (χ2n) is 7.46. The van der Waals surface area contributed by atoms with Crippen LogP contribution in [0.25, 0.3) is 11.1 Å². The molecule has 166 valence electrons. The Morgan fingerprint density at radius 1 is 1.16 bits per heavy atom. The van der Waals surface area contributed by atoms with Gasteiger partial charge in [0, 0.05) is 11.5 Å². The monoisotopic (exact) mass is 456 g/mol. The summed E-state index contributed by atoms with van der Waals surface area (Å²) in [6, 6.07) is 14.5. The Labute approximate surface area is 185 Å². The molecule has 1 amide bonds. The Hall–Kier alpha value is -3.46. The maximum absolute atomic E-state index is 13.1. The van der Waals surface area contributed by atoms with Crippen molar-refractivity contribution in [1.82, 2.24) is 10.1 Å². The van der Waals surface area contributed by atoms with Crippen LogP contribution in [0.4, 0.5) is 4.39 Å². The molecule has 9 heteroatoms. The lowest BCUT2D eigenvalue weighted by atomic mass is 10.0. The van der Waals surface area contributed by atoms with E-state index in [1.54, 1.807) is 18.2 Å². The highest BCUT2D eigenvalue weighted by Crippen LogP contribution is 2.23. The third kappa shape index (κ3) is 5.05. The largest absolute Gasteiger partial charge is 0.479 e. The van der Waals surface area contributed by atoms with Gasteiger partial charge < -0.3 is 14.2 Å². The van der Waals surface area contributed by atoms with Crippen LogP contribution in [0.1, 0.15) is 11.3 Å². The number of carbonyl (C=O) groups is 1. The number of hydrogen-bond donors (Lipinski definition) is 0. The topological polar surface area (TPSA) is 89.7 Å². The van der Waals surface area contributed by atoms with Crippen LogP contribution in [0.5, 0.6) is 5.88 Å². The van der Waals surface area contributed by atoms with Crippen molar-refractivity contribution in [3.63, 3.8) is 0 Å². The molecule has 2 heterocycles. The summed E-state index contributed by atoms with van der Waals surface area (Å²) in [5, 5.41) is 4.87. The first-order chi connectivity index (χ1) is 15.3. The minimum absolute atomic E-state index is 0.0629. The molecule has 1 aromatic heterocycles. The molecular formula is C23H21FN2O5S. The van der Waals surface area contributed by atoms with E-state index in [4.69, 9.17) is 9.26 Å².